The Morgan fingerprint density at radius 2 is 1.56 bits per heavy atom. The van der Waals surface area contributed by atoms with Crippen LogP contribution in [0, 0.1) is 0 Å². The highest BCUT2D eigenvalue weighted by Gasteiger charge is 2.39. The summed E-state index contributed by atoms with van der Waals surface area (Å²) >= 11 is 0. The lowest BCUT2D eigenvalue weighted by Gasteiger charge is -2.35. The van der Waals surface area contributed by atoms with Gasteiger partial charge in [0.15, 0.2) is 0 Å². The second-order valence-electron chi connectivity index (χ2n) is 9.53. The Balaban J connectivity index is 1.16. The van der Waals surface area contributed by atoms with E-state index in [4.69, 9.17) is 0 Å². The molecule has 0 unspecified atom stereocenters. The van der Waals surface area contributed by atoms with Crippen LogP contribution < -0.4 is 5.32 Å². The molecule has 2 heterocycles. The normalized spacial score (nSPS) is 20.6. The number of fused-ring (bicyclic) bond motifs is 1. The smallest absolute Gasteiger partial charge is 0.251 e. The summed E-state index contributed by atoms with van der Waals surface area (Å²) in [7, 11) is 0. The maximum absolute atomic E-state index is 13.1. The Morgan fingerprint density at radius 1 is 0.824 bits per heavy atom. The number of carbonyl (C=O) groups is 2. The van der Waals surface area contributed by atoms with Crippen LogP contribution in [0.15, 0.2) is 72.8 Å². The van der Waals surface area contributed by atoms with Gasteiger partial charge in [0.1, 0.15) is 0 Å². The van der Waals surface area contributed by atoms with E-state index in [-0.39, 0.29) is 17.9 Å². The van der Waals surface area contributed by atoms with Gasteiger partial charge in [-0.3, -0.25) is 14.5 Å². The van der Waals surface area contributed by atoms with Gasteiger partial charge >= 0.3 is 0 Å². The summed E-state index contributed by atoms with van der Waals surface area (Å²) in [6, 6.07) is 25.1. The van der Waals surface area contributed by atoms with Gasteiger partial charge in [0.25, 0.3) is 5.91 Å². The molecule has 5 heteroatoms. The highest BCUT2D eigenvalue weighted by molar-refractivity contribution is 5.98. The van der Waals surface area contributed by atoms with E-state index >= 15 is 0 Å². The molecule has 0 spiro atoms. The molecule has 2 aliphatic heterocycles. The zero-order valence-corrected chi connectivity index (χ0v) is 19.7. The van der Waals surface area contributed by atoms with E-state index in [2.05, 4.69) is 45.4 Å². The first-order valence-electron chi connectivity index (χ1n) is 12.5. The molecule has 0 saturated carbocycles. The summed E-state index contributed by atoms with van der Waals surface area (Å²) in [6.45, 7) is 3.25. The second kappa shape index (κ2) is 10.4. The van der Waals surface area contributed by atoms with Crippen molar-refractivity contribution < 1.29 is 9.59 Å². The summed E-state index contributed by atoms with van der Waals surface area (Å²) in [4.78, 5) is 30.4. The molecule has 5 nitrogen and oxygen atoms in total. The van der Waals surface area contributed by atoms with Crippen LogP contribution >= 0.6 is 0 Å². The minimum Gasteiger partial charge on any atom is -0.352 e. The minimum atomic E-state index is -0.124. The van der Waals surface area contributed by atoms with Crippen LogP contribution in [-0.2, 0) is 11.3 Å². The van der Waals surface area contributed by atoms with Crippen molar-refractivity contribution in [3.05, 3.63) is 83.9 Å². The van der Waals surface area contributed by atoms with E-state index in [9.17, 15) is 9.59 Å². The molecule has 3 aromatic carbocycles. The van der Waals surface area contributed by atoms with Crippen molar-refractivity contribution in [2.24, 2.45) is 0 Å². The van der Waals surface area contributed by atoms with Crippen LogP contribution in [0.25, 0.3) is 10.8 Å². The third-order valence-electron chi connectivity index (χ3n) is 7.34. The fraction of sp³-hybridized carbons (Fsp3) is 0.379. The monoisotopic (exact) mass is 455 g/mol. The summed E-state index contributed by atoms with van der Waals surface area (Å²) < 4.78 is 0. The van der Waals surface area contributed by atoms with Gasteiger partial charge in [-0.15, -0.1) is 0 Å². The van der Waals surface area contributed by atoms with Gasteiger partial charge in [-0.05, 0) is 60.7 Å². The molecule has 2 amide bonds. The molecule has 0 aromatic heterocycles. The highest BCUT2D eigenvalue weighted by atomic mass is 16.2. The van der Waals surface area contributed by atoms with Crippen LogP contribution in [0.3, 0.4) is 0 Å². The molecule has 176 valence electrons. The molecule has 34 heavy (non-hydrogen) atoms. The predicted octanol–water partition coefficient (Wildman–Crippen LogP) is 4.62. The van der Waals surface area contributed by atoms with Crippen molar-refractivity contribution in [2.45, 2.75) is 50.7 Å². The Hall–Kier alpha value is -3.18. The maximum Gasteiger partial charge on any atom is 0.251 e. The number of carbonyl (C=O) groups excluding carboxylic acids is 2. The van der Waals surface area contributed by atoms with Crippen LogP contribution in [0.4, 0.5) is 0 Å². The first-order chi connectivity index (χ1) is 16.7. The third kappa shape index (κ3) is 5.00. The zero-order valence-electron chi connectivity index (χ0n) is 19.7. The lowest BCUT2D eigenvalue weighted by Crippen LogP contribution is -2.48. The van der Waals surface area contributed by atoms with E-state index in [1.807, 2.05) is 42.5 Å². The van der Waals surface area contributed by atoms with Crippen LogP contribution in [0.5, 0.6) is 0 Å². The van der Waals surface area contributed by atoms with Crippen molar-refractivity contribution in [3.8, 4) is 0 Å². The van der Waals surface area contributed by atoms with Gasteiger partial charge in [-0.2, -0.15) is 0 Å². The highest BCUT2D eigenvalue weighted by Crippen LogP contribution is 2.31. The number of nitrogens with zero attached hydrogens (tertiary/aromatic N) is 2. The molecule has 0 bridgehead atoms. The van der Waals surface area contributed by atoms with E-state index in [0.717, 1.165) is 49.7 Å². The zero-order chi connectivity index (χ0) is 23.3. The molecule has 2 aliphatic rings. The number of nitrogens with one attached hydrogen (secondary N) is 1. The Morgan fingerprint density at radius 3 is 2.41 bits per heavy atom. The van der Waals surface area contributed by atoms with E-state index < -0.39 is 0 Å². The number of benzene rings is 3. The molecule has 2 atom stereocenters. The molecule has 0 aliphatic carbocycles. The number of hydrogen-bond donors (Lipinski definition) is 1. The lowest BCUT2D eigenvalue weighted by atomic mass is 10.0. The van der Waals surface area contributed by atoms with Crippen LogP contribution in [0.1, 0.15) is 48.0 Å². The van der Waals surface area contributed by atoms with Crippen molar-refractivity contribution in [2.75, 3.05) is 19.6 Å². The van der Waals surface area contributed by atoms with Gasteiger partial charge in [-0.25, -0.2) is 0 Å². The number of likely N-dealkylation sites (tertiary alicyclic amines) is 2. The summed E-state index contributed by atoms with van der Waals surface area (Å²) in [5.74, 6) is 0.0363. The van der Waals surface area contributed by atoms with Crippen LogP contribution in [0.2, 0.25) is 0 Å². The van der Waals surface area contributed by atoms with Gasteiger partial charge in [0.2, 0.25) is 5.91 Å². The second-order valence-corrected chi connectivity index (χ2v) is 9.53. The summed E-state index contributed by atoms with van der Waals surface area (Å²) in [5.41, 5.74) is 1.97. The lowest BCUT2D eigenvalue weighted by molar-refractivity contribution is -0.132. The average Bonchev–Trinajstić information content (AvgIpc) is 3.53. The van der Waals surface area contributed by atoms with Gasteiger partial charge in [-0.1, -0.05) is 60.7 Å². The molecule has 0 radical (unpaired) electrons. The molecular formula is C29H33N3O2. The quantitative estimate of drug-likeness (QED) is 0.566. The average molecular weight is 456 g/mol. The number of rotatable bonds is 7. The Bertz CT molecular complexity index is 1150. The molecule has 3 aromatic rings. The molecule has 2 saturated heterocycles. The van der Waals surface area contributed by atoms with E-state index in [1.54, 1.807) is 0 Å². The van der Waals surface area contributed by atoms with Gasteiger partial charge < -0.3 is 10.2 Å². The standard InChI is InChI=1S/C29H33N3O2/c33-28(16-17-30-29(34)25-15-14-23-10-4-5-11-24(23)20-25)32-19-7-13-27(32)26-12-6-18-31(26)21-22-8-2-1-3-9-22/h1-5,8-11,14-15,20,26-27H,6-7,12-13,16-19,21H2,(H,30,34)/t26-,27+/m0/s1. The molecule has 5 rings (SSSR count). The van der Waals surface area contributed by atoms with Crippen molar-refractivity contribution >= 4 is 22.6 Å². The van der Waals surface area contributed by atoms with Crippen LogP contribution in [-0.4, -0.2) is 53.3 Å². The number of amides is 2. The minimum absolute atomic E-state index is 0.124. The maximum atomic E-state index is 13.1. The van der Waals surface area contributed by atoms with E-state index in [0.29, 0.717) is 24.6 Å². The first kappa shape index (κ1) is 22.6. The fourth-order valence-electron chi connectivity index (χ4n) is 5.66. The van der Waals surface area contributed by atoms with Gasteiger partial charge in [0.05, 0.1) is 0 Å². The van der Waals surface area contributed by atoms with Crippen molar-refractivity contribution in [1.82, 2.24) is 15.1 Å². The predicted molar refractivity (Wildman–Crippen MR) is 136 cm³/mol. The molecule has 1 N–H and O–H groups in total. The fourth-order valence-corrected chi connectivity index (χ4v) is 5.66. The third-order valence-corrected chi connectivity index (χ3v) is 7.34. The summed E-state index contributed by atoms with van der Waals surface area (Å²) in [6.07, 6.45) is 4.83. The largest absolute Gasteiger partial charge is 0.352 e. The van der Waals surface area contributed by atoms with Crippen molar-refractivity contribution in [1.29, 1.82) is 0 Å². The molecule has 2 fully saturated rings. The Labute approximate surface area is 201 Å². The topological polar surface area (TPSA) is 52.7 Å². The van der Waals surface area contributed by atoms with Crippen molar-refractivity contribution in [3.63, 3.8) is 0 Å². The van der Waals surface area contributed by atoms with Gasteiger partial charge in [0, 0.05) is 43.7 Å². The van der Waals surface area contributed by atoms with E-state index in [1.165, 1.54) is 12.0 Å². The number of hydrogen-bond acceptors (Lipinski definition) is 3. The molecular weight excluding hydrogens is 422 g/mol. The first-order valence-corrected chi connectivity index (χ1v) is 12.5. The SMILES string of the molecule is O=C(NCCC(=O)N1CCC[C@@H]1[C@@H]1CCCN1Cc1ccccc1)c1ccc2ccccc2c1. The summed E-state index contributed by atoms with van der Waals surface area (Å²) in [5, 5.41) is 5.10. The Kier molecular flexibility index (Phi) is 6.91.